The lowest BCUT2D eigenvalue weighted by Gasteiger charge is -2.13. The molecule has 0 amide bonds. The Bertz CT molecular complexity index is 1170. The van der Waals surface area contributed by atoms with Gasteiger partial charge in [-0.25, -0.2) is 0 Å². The van der Waals surface area contributed by atoms with Crippen LogP contribution in [0.25, 0.3) is 16.8 Å². The van der Waals surface area contributed by atoms with Gasteiger partial charge in [0.25, 0.3) is 0 Å². The second-order valence-electron chi connectivity index (χ2n) is 6.83. The molecular formula is C26H19NS. The number of nitrogens with zero attached hydrogens (tertiary/aromatic N) is 1. The molecule has 134 valence electrons. The van der Waals surface area contributed by atoms with Gasteiger partial charge in [-0.2, -0.15) is 0 Å². The lowest BCUT2D eigenvalue weighted by Crippen LogP contribution is -1.95. The molecule has 0 fully saturated rings. The number of hydrogen-bond acceptors (Lipinski definition) is 2. The van der Waals surface area contributed by atoms with Crippen molar-refractivity contribution in [3.05, 3.63) is 125 Å². The fourth-order valence-electron chi connectivity index (χ4n) is 3.62. The highest BCUT2D eigenvalue weighted by Crippen LogP contribution is 2.45. The van der Waals surface area contributed by atoms with E-state index in [1.54, 1.807) is 11.8 Å². The minimum absolute atomic E-state index is 0.0199. The Morgan fingerprint density at radius 1 is 0.679 bits per heavy atom. The lowest BCUT2D eigenvalue weighted by molar-refractivity contribution is 0.928. The van der Waals surface area contributed by atoms with Crippen molar-refractivity contribution in [3.8, 4) is 0 Å². The summed E-state index contributed by atoms with van der Waals surface area (Å²) < 4.78 is 0. The van der Waals surface area contributed by atoms with Crippen LogP contribution in [0.4, 0.5) is 0 Å². The number of aliphatic imine (C=N–C) groups is 1. The van der Waals surface area contributed by atoms with Crippen LogP contribution in [-0.4, -0.2) is 5.04 Å². The summed E-state index contributed by atoms with van der Waals surface area (Å²) in [6.07, 6.45) is 2.27. The van der Waals surface area contributed by atoms with Gasteiger partial charge in [-0.3, -0.25) is 4.99 Å². The summed E-state index contributed by atoms with van der Waals surface area (Å²) in [5, 5.41) is 3.61. The Hall–Kier alpha value is -3.10. The second kappa shape index (κ2) is 7.49. The Kier molecular flexibility index (Phi) is 4.56. The Labute approximate surface area is 169 Å². The first kappa shape index (κ1) is 17.0. The fraction of sp³-hybridized carbons (Fsp3) is 0.0385. The normalized spacial score (nSPS) is 17.8. The predicted octanol–water partition coefficient (Wildman–Crippen LogP) is 7.12. The summed E-state index contributed by atoms with van der Waals surface area (Å²) >= 11 is 1.78. The van der Waals surface area contributed by atoms with Crippen LogP contribution in [0, 0.1) is 0 Å². The molecule has 0 saturated carbocycles. The van der Waals surface area contributed by atoms with E-state index in [4.69, 9.17) is 4.99 Å². The van der Waals surface area contributed by atoms with E-state index in [1.165, 1.54) is 32.4 Å². The summed E-state index contributed by atoms with van der Waals surface area (Å²) in [6.45, 7) is 0. The van der Waals surface area contributed by atoms with Crippen LogP contribution in [0.2, 0.25) is 0 Å². The molecule has 4 aromatic rings. The van der Waals surface area contributed by atoms with E-state index in [0.717, 1.165) is 5.04 Å². The molecule has 4 aromatic carbocycles. The highest BCUT2D eigenvalue weighted by Gasteiger charge is 2.27. The van der Waals surface area contributed by atoms with Gasteiger partial charge < -0.3 is 0 Å². The number of thioether (sulfide) groups is 1. The quantitative estimate of drug-likeness (QED) is 0.370. The van der Waals surface area contributed by atoms with Crippen molar-refractivity contribution in [2.75, 3.05) is 0 Å². The fourth-order valence-corrected chi connectivity index (χ4v) is 4.74. The third-order valence-corrected chi connectivity index (χ3v) is 6.09. The SMILES string of the molecule is C(=C1/SC(c2ccccc2)=NC1c1cccc2ccccc12)/c1ccccc1. The predicted molar refractivity (Wildman–Crippen MR) is 122 cm³/mol. The summed E-state index contributed by atoms with van der Waals surface area (Å²) in [6, 6.07) is 36.1. The maximum atomic E-state index is 5.17. The average molecular weight is 378 g/mol. The van der Waals surface area contributed by atoms with Gasteiger partial charge in [-0.1, -0.05) is 115 Å². The van der Waals surface area contributed by atoms with Gasteiger partial charge in [0.05, 0.1) is 0 Å². The zero-order chi connectivity index (χ0) is 18.8. The molecule has 0 saturated heterocycles. The van der Waals surface area contributed by atoms with E-state index < -0.39 is 0 Å². The van der Waals surface area contributed by atoms with Crippen LogP contribution in [0.1, 0.15) is 22.7 Å². The molecule has 5 rings (SSSR count). The van der Waals surface area contributed by atoms with Gasteiger partial charge in [0.15, 0.2) is 0 Å². The summed E-state index contributed by atoms with van der Waals surface area (Å²) in [5.74, 6) is 0. The van der Waals surface area contributed by atoms with Crippen LogP contribution in [0.3, 0.4) is 0 Å². The first-order chi connectivity index (χ1) is 13.9. The molecule has 28 heavy (non-hydrogen) atoms. The molecule has 1 atom stereocenters. The first-order valence-corrected chi connectivity index (χ1v) is 10.3. The largest absolute Gasteiger partial charge is 0.264 e. The van der Waals surface area contributed by atoms with Gasteiger partial charge in [0.1, 0.15) is 11.1 Å². The van der Waals surface area contributed by atoms with Crippen molar-refractivity contribution < 1.29 is 0 Å². The van der Waals surface area contributed by atoms with Crippen LogP contribution < -0.4 is 0 Å². The van der Waals surface area contributed by atoms with E-state index in [0.29, 0.717) is 0 Å². The summed E-state index contributed by atoms with van der Waals surface area (Å²) in [7, 11) is 0. The van der Waals surface area contributed by atoms with E-state index in [1.807, 2.05) is 6.07 Å². The molecule has 1 nitrogen and oxygen atoms in total. The van der Waals surface area contributed by atoms with Crippen LogP contribution in [-0.2, 0) is 0 Å². The molecular weight excluding hydrogens is 358 g/mol. The Balaban J connectivity index is 1.66. The van der Waals surface area contributed by atoms with E-state index in [-0.39, 0.29) is 6.04 Å². The number of fused-ring (bicyclic) bond motifs is 1. The average Bonchev–Trinajstić information content (AvgIpc) is 3.18. The minimum Gasteiger partial charge on any atom is -0.264 e. The van der Waals surface area contributed by atoms with Gasteiger partial charge in [0, 0.05) is 10.5 Å². The molecule has 0 spiro atoms. The van der Waals surface area contributed by atoms with E-state index >= 15 is 0 Å². The lowest BCUT2D eigenvalue weighted by atomic mass is 9.98. The zero-order valence-corrected chi connectivity index (χ0v) is 16.1. The molecule has 1 heterocycles. The second-order valence-corrected chi connectivity index (χ2v) is 7.89. The molecule has 2 heteroatoms. The van der Waals surface area contributed by atoms with Gasteiger partial charge in [-0.05, 0) is 28.0 Å². The molecule has 0 aromatic heterocycles. The molecule has 0 aliphatic carbocycles. The molecule has 0 N–H and O–H groups in total. The maximum Gasteiger partial charge on any atom is 0.108 e. The van der Waals surface area contributed by atoms with Gasteiger partial charge >= 0.3 is 0 Å². The molecule has 1 aliphatic rings. The topological polar surface area (TPSA) is 12.4 Å². The molecule has 1 unspecified atom stereocenters. The van der Waals surface area contributed by atoms with Crippen LogP contribution in [0.15, 0.2) is 113 Å². The highest BCUT2D eigenvalue weighted by atomic mass is 32.2. The number of rotatable bonds is 3. The molecule has 0 bridgehead atoms. The Morgan fingerprint density at radius 3 is 2.18 bits per heavy atom. The van der Waals surface area contributed by atoms with E-state index in [2.05, 4.69) is 103 Å². The summed E-state index contributed by atoms with van der Waals surface area (Å²) in [4.78, 5) is 6.43. The molecule has 0 radical (unpaired) electrons. The van der Waals surface area contributed by atoms with Crippen LogP contribution in [0.5, 0.6) is 0 Å². The maximum absolute atomic E-state index is 5.17. The van der Waals surface area contributed by atoms with Crippen molar-refractivity contribution in [1.82, 2.24) is 0 Å². The third-order valence-electron chi connectivity index (χ3n) is 4.98. The van der Waals surface area contributed by atoms with Crippen molar-refractivity contribution in [3.63, 3.8) is 0 Å². The monoisotopic (exact) mass is 377 g/mol. The van der Waals surface area contributed by atoms with Crippen LogP contribution >= 0.6 is 11.8 Å². The standard InChI is InChI=1S/C26H19NS/c1-3-10-19(11-4-1)18-24-25(27-26(28-24)21-13-5-2-6-14-21)23-17-9-15-20-12-7-8-16-22(20)23/h1-18,25H/b24-18-. The third kappa shape index (κ3) is 3.28. The zero-order valence-electron chi connectivity index (χ0n) is 15.3. The number of benzene rings is 4. The Morgan fingerprint density at radius 2 is 1.36 bits per heavy atom. The van der Waals surface area contributed by atoms with Crippen molar-refractivity contribution in [2.45, 2.75) is 6.04 Å². The van der Waals surface area contributed by atoms with Crippen molar-refractivity contribution >= 4 is 33.7 Å². The number of hydrogen-bond donors (Lipinski definition) is 0. The summed E-state index contributed by atoms with van der Waals surface area (Å²) in [5.41, 5.74) is 3.65. The minimum atomic E-state index is 0.0199. The first-order valence-electron chi connectivity index (χ1n) is 9.44. The molecule has 1 aliphatic heterocycles. The van der Waals surface area contributed by atoms with Gasteiger partial charge in [-0.15, -0.1) is 0 Å². The van der Waals surface area contributed by atoms with E-state index in [9.17, 15) is 0 Å². The van der Waals surface area contributed by atoms with Crippen molar-refractivity contribution in [1.29, 1.82) is 0 Å². The smallest absolute Gasteiger partial charge is 0.108 e. The highest BCUT2D eigenvalue weighted by molar-refractivity contribution is 8.18. The van der Waals surface area contributed by atoms with Crippen molar-refractivity contribution in [2.24, 2.45) is 4.99 Å². The van der Waals surface area contributed by atoms with Gasteiger partial charge in [0.2, 0.25) is 0 Å².